The number of hydrogen-bond donors (Lipinski definition) is 0. The van der Waals surface area contributed by atoms with E-state index in [1.165, 1.54) is 0 Å². The highest BCUT2D eigenvalue weighted by atomic mass is 16.5. The average molecular weight is 238 g/mol. The predicted molar refractivity (Wildman–Crippen MR) is 64.4 cm³/mol. The SMILES string of the molecule is N#C[C@@H](OC(=O)c1ccccc1)c1ccncc1. The Morgan fingerprint density at radius 1 is 1.17 bits per heavy atom. The van der Waals surface area contributed by atoms with E-state index in [0.717, 1.165) is 0 Å². The lowest BCUT2D eigenvalue weighted by Gasteiger charge is -2.10. The van der Waals surface area contributed by atoms with Crippen molar-refractivity contribution in [3.8, 4) is 6.07 Å². The van der Waals surface area contributed by atoms with Crippen LogP contribution in [0.25, 0.3) is 0 Å². The van der Waals surface area contributed by atoms with Crippen molar-refractivity contribution < 1.29 is 9.53 Å². The van der Waals surface area contributed by atoms with Gasteiger partial charge in [0.05, 0.1) is 5.56 Å². The quantitative estimate of drug-likeness (QED) is 0.771. The molecule has 1 aromatic carbocycles. The van der Waals surface area contributed by atoms with Crippen LogP contribution >= 0.6 is 0 Å². The summed E-state index contributed by atoms with van der Waals surface area (Å²) in [5.74, 6) is -0.515. The monoisotopic (exact) mass is 238 g/mol. The van der Waals surface area contributed by atoms with E-state index < -0.39 is 12.1 Å². The van der Waals surface area contributed by atoms with E-state index >= 15 is 0 Å². The normalized spacial score (nSPS) is 11.3. The molecule has 18 heavy (non-hydrogen) atoms. The molecule has 0 aliphatic rings. The molecule has 1 heterocycles. The number of carbonyl (C=O) groups excluding carboxylic acids is 1. The lowest BCUT2D eigenvalue weighted by molar-refractivity contribution is 0.0404. The number of aromatic nitrogens is 1. The Morgan fingerprint density at radius 2 is 1.83 bits per heavy atom. The molecule has 4 heteroatoms. The Bertz CT molecular complexity index is 561. The first kappa shape index (κ1) is 11.8. The fourth-order valence-corrected chi connectivity index (χ4v) is 1.46. The molecular formula is C14H10N2O2. The molecule has 0 radical (unpaired) electrons. The van der Waals surface area contributed by atoms with Crippen molar-refractivity contribution >= 4 is 5.97 Å². The summed E-state index contributed by atoms with van der Waals surface area (Å²) >= 11 is 0. The Balaban J connectivity index is 2.14. The lowest BCUT2D eigenvalue weighted by atomic mass is 10.1. The maximum atomic E-state index is 11.8. The molecule has 0 bridgehead atoms. The van der Waals surface area contributed by atoms with Crippen LogP contribution in [0.2, 0.25) is 0 Å². The second kappa shape index (κ2) is 5.60. The summed E-state index contributed by atoms with van der Waals surface area (Å²) < 4.78 is 5.14. The molecule has 0 spiro atoms. The molecule has 2 rings (SSSR count). The summed E-state index contributed by atoms with van der Waals surface area (Å²) in [6.07, 6.45) is 2.19. The molecule has 0 unspecified atom stereocenters. The molecule has 0 saturated heterocycles. The van der Waals surface area contributed by atoms with Crippen LogP contribution in [0.4, 0.5) is 0 Å². The molecule has 0 N–H and O–H groups in total. The van der Waals surface area contributed by atoms with Crippen LogP contribution in [0.3, 0.4) is 0 Å². The third kappa shape index (κ3) is 2.71. The first-order valence-electron chi connectivity index (χ1n) is 5.37. The number of esters is 1. The van der Waals surface area contributed by atoms with Gasteiger partial charge in [0, 0.05) is 18.0 Å². The van der Waals surface area contributed by atoms with Gasteiger partial charge in [-0.15, -0.1) is 0 Å². The summed E-state index contributed by atoms with van der Waals surface area (Å²) in [4.78, 5) is 15.6. The Labute approximate surface area is 104 Å². The Kier molecular flexibility index (Phi) is 3.67. The van der Waals surface area contributed by atoms with Crippen LogP contribution in [-0.2, 0) is 4.74 Å². The highest BCUT2D eigenvalue weighted by Gasteiger charge is 2.16. The minimum Gasteiger partial charge on any atom is -0.438 e. The maximum Gasteiger partial charge on any atom is 0.339 e. The largest absolute Gasteiger partial charge is 0.438 e. The molecule has 0 saturated carbocycles. The number of hydrogen-bond acceptors (Lipinski definition) is 4. The van der Waals surface area contributed by atoms with Crippen LogP contribution < -0.4 is 0 Å². The Hall–Kier alpha value is -2.67. The van der Waals surface area contributed by atoms with Crippen LogP contribution in [0.1, 0.15) is 22.0 Å². The van der Waals surface area contributed by atoms with Gasteiger partial charge in [-0.1, -0.05) is 18.2 Å². The zero-order chi connectivity index (χ0) is 12.8. The molecule has 88 valence electrons. The number of benzene rings is 1. The third-order valence-electron chi connectivity index (χ3n) is 2.36. The van der Waals surface area contributed by atoms with Gasteiger partial charge >= 0.3 is 5.97 Å². The summed E-state index contributed by atoms with van der Waals surface area (Å²) in [5, 5.41) is 9.03. The standard InChI is InChI=1S/C14H10N2O2/c15-10-13(11-6-8-16-9-7-11)18-14(17)12-4-2-1-3-5-12/h1-9,13H/t13-/m1/s1. The van der Waals surface area contributed by atoms with Gasteiger partial charge < -0.3 is 4.74 Å². The van der Waals surface area contributed by atoms with Crippen molar-refractivity contribution in [2.75, 3.05) is 0 Å². The first-order valence-corrected chi connectivity index (χ1v) is 5.37. The van der Waals surface area contributed by atoms with Gasteiger partial charge in [0.1, 0.15) is 6.07 Å². The van der Waals surface area contributed by atoms with Gasteiger partial charge in [0.15, 0.2) is 0 Å². The fourth-order valence-electron chi connectivity index (χ4n) is 1.46. The molecule has 0 fully saturated rings. The van der Waals surface area contributed by atoms with E-state index in [9.17, 15) is 4.79 Å². The zero-order valence-corrected chi connectivity index (χ0v) is 9.48. The lowest BCUT2D eigenvalue weighted by Crippen LogP contribution is -2.10. The summed E-state index contributed by atoms with van der Waals surface area (Å²) in [6, 6.07) is 13.8. The molecule has 1 atom stereocenters. The number of nitriles is 1. The second-order valence-corrected chi connectivity index (χ2v) is 3.56. The number of ether oxygens (including phenoxy) is 1. The number of rotatable bonds is 3. The number of carbonyl (C=O) groups is 1. The minimum absolute atomic E-state index is 0.423. The van der Waals surface area contributed by atoms with Crippen LogP contribution in [0.5, 0.6) is 0 Å². The molecule has 0 amide bonds. The van der Waals surface area contributed by atoms with Gasteiger partial charge in [-0.05, 0) is 24.3 Å². The van der Waals surface area contributed by atoms with Crippen LogP contribution in [-0.4, -0.2) is 11.0 Å². The third-order valence-corrected chi connectivity index (χ3v) is 2.36. The van der Waals surface area contributed by atoms with E-state index in [-0.39, 0.29) is 0 Å². The highest BCUT2D eigenvalue weighted by Crippen LogP contribution is 2.17. The molecule has 0 aliphatic carbocycles. The van der Waals surface area contributed by atoms with E-state index in [1.807, 2.05) is 6.07 Å². The summed E-state index contributed by atoms with van der Waals surface area (Å²) in [5.41, 5.74) is 1.03. The first-order chi connectivity index (χ1) is 8.81. The van der Waals surface area contributed by atoms with Gasteiger partial charge in [0.2, 0.25) is 6.10 Å². The second-order valence-electron chi connectivity index (χ2n) is 3.56. The molecule has 0 aliphatic heterocycles. The number of pyridine rings is 1. The van der Waals surface area contributed by atoms with E-state index in [0.29, 0.717) is 11.1 Å². The van der Waals surface area contributed by atoms with Crippen molar-refractivity contribution in [1.29, 1.82) is 5.26 Å². The summed E-state index contributed by atoms with van der Waals surface area (Å²) in [7, 11) is 0. The minimum atomic E-state index is -0.916. The van der Waals surface area contributed by atoms with Gasteiger partial charge in [-0.25, -0.2) is 4.79 Å². The van der Waals surface area contributed by atoms with Crippen molar-refractivity contribution in [2.24, 2.45) is 0 Å². The van der Waals surface area contributed by atoms with E-state index in [2.05, 4.69) is 4.98 Å². The smallest absolute Gasteiger partial charge is 0.339 e. The van der Waals surface area contributed by atoms with Gasteiger partial charge in [-0.3, -0.25) is 4.98 Å². The molecule has 1 aromatic heterocycles. The van der Waals surface area contributed by atoms with Crippen molar-refractivity contribution in [2.45, 2.75) is 6.10 Å². The van der Waals surface area contributed by atoms with E-state index in [1.54, 1.807) is 54.9 Å². The number of nitrogens with zero attached hydrogens (tertiary/aromatic N) is 2. The van der Waals surface area contributed by atoms with E-state index in [4.69, 9.17) is 10.00 Å². The molecule has 4 nitrogen and oxygen atoms in total. The highest BCUT2D eigenvalue weighted by molar-refractivity contribution is 5.89. The molecule has 2 aromatic rings. The zero-order valence-electron chi connectivity index (χ0n) is 9.48. The topological polar surface area (TPSA) is 63.0 Å². The predicted octanol–water partition coefficient (Wildman–Crippen LogP) is 2.50. The van der Waals surface area contributed by atoms with Crippen molar-refractivity contribution in [3.05, 3.63) is 66.0 Å². The van der Waals surface area contributed by atoms with Crippen LogP contribution in [0, 0.1) is 11.3 Å². The fraction of sp³-hybridized carbons (Fsp3) is 0.0714. The molecular weight excluding hydrogens is 228 g/mol. The van der Waals surface area contributed by atoms with Gasteiger partial charge in [-0.2, -0.15) is 5.26 Å². The van der Waals surface area contributed by atoms with Crippen LogP contribution in [0.15, 0.2) is 54.9 Å². The average Bonchev–Trinajstić information content (AvgIpc) is 2.46. The maximum absolute atomic E-state index is 11.8. The van der Waals surface area contributed by atoms with Crippen molar-refractivity contribution in [1.82, 2.24) is 4.98 Å². The summed E-state index contributed by atoms with van der Waals surface area (Å²) in [6.45, 7) is 0. The van der Waals surface area contributed by atoms with Gasteiger partial charge in [0.25, 0.3) is 0 Å². The van der Waals surface area contributed by atoms with Crippen molar-refractivity contribution in [3.63, 3.8) is 0 Å². The Morgan fingerprint density at radius 3 is 2.44 bits per heavy atom.